The molecular weight excluding hydrogens is 216 g/mol. The number of nitrogen functional groups attached to an aromatic ring is 1. The molecule has 0 aromatic carbocycles. The molecule has 0 aliphatic carbocycles. The predicted octanol–water partition coefficient (Wildman–Crippen LogP) is 1.04. The molecule has 1 unspecified atom stereocenters. The molecule has 1 fully saturated rings. The first kappa shape index (κ1) is 12.0. The van der Waals surface area contributed by atoms with Gasteiger partial charge in [0.2, 0.25) is 5.88 Å². The monoisotopic (exact) mass is 236 g/mol. The summed E-state index contributed by atoms with van der Waals surface area (Å²) in [5.41, 5.74) is 6.53. The second-order valence-corrected chi connectivity index (χ2v) is 4.59. The molecule has 94 valence electrons. The first-order valence-corrected chi connectivity index (χ1v) is 5.92. The van der Waals surface area contributed by atoms with E-state index in [0.29, 0.717) is 17.5 Å². The highest BCUT2D eigenvalue weighted by Crippen LogP contribution is 2.21. The number of methoxy groups -OCH3 is 1. The number of nitrogens with one attached hydrogen (secondary N) is 1. The molecule has 1 saturated heterocycles. The molecule has 0 radical (unpaired) electrons. The molecule has 5 nitrogen and oxygen atoms in total. The fourth-order valence-corrected chi connectivity index (χ4v) is 2.14. The summed E-state index contributed by atoms with van der Waals surface area (Å²) in [5, 5.41) is 3.31. The Balaban J connectivity index is 1.94. The number of rotatable bonds is 4. The number of hydrogen-bond donors (Lipinski definition) is 2. The SMILES string of the molecule is COc1ccc(N)c(NCC2CCN(C)C2)n1. The molecule has 5 heteroatoms. The van der Waals surface area contributed by atoms with Crippen LogP contribution < -0.4 is 15.8 Å². The normalized spacial score (nSPS) is 20.5. The molecule has 1 aliphatic rings. The number of hydrogen-bond acceptors (Lipinski definition) is 5. The summed E-state index contributed by atoms with van der Waals surface area (Å²) >= 11 is 0. The molecule has 1 aromatic heterocycles. The van der Waals surface area contributed by atoms with Gasteiger partial charge in [-0.15, -0.1) is 0 Å². The minimum Gasteiger partial charge on any atom is -0.481 e. The van der Waals surface area contributed by atoms with Crippen LogP contribution in [-0.4, -0.2) is 43.7 Å². The Kier molecular flexibility index (Phi) is 3.68. The van der Waals surface area contributed by atoms with Gasteiger partial charge in [0.1, 0.15) is 0 Å². The minimum atomic E-state index is 0.588. The zero-order chi connectivity index (χ0) is 12.3. The highest BCUT2D eigenvalue weighted by Gasteiger charge is 2.19. The van der Waals surface area contributed by atoms with Crippen LogP contribution in [0.25, 0.3) is 0 Å². The summed E-state index contributed by atoms with van der Waals surface area (Å²) in [6, 6.07) is 3.58. The molecule has 0 spiro atoms. The highest BCUT2D eigenvalue weighted by molar-refractivity contribution is 5.61. The van der Waals surface area contributed by atoms with Gasteiger partial charge < -0.3 is 20.7 Å². The number of aromatic nitrogens is 1. The van der Waals surface area contributed by atoms with Crippen molar-refractivity contribution in [2.45, 2.75) is 6.42 Å². The van der Waals surface area contributed by atoms with Gasteiger partial charge in [0.05, 0.1) is 12.8 Å². The van der Waals surface area contributed by atoms with Crippen LogP contribution in [0.5, 0.6) is 5.88 Å². The first-order chi connectivity index (χ1) is 8.19. The van der Waals surface area contributed by atoms with Crippen LogP contribution in [0.15, 0.2) is 12.1 Å². The van der Waals surface area contributed by atoms with E-state index in [0.717, 1.165) is 18.9 Å². The van der Waals surface area contributed by atoms with Gasteiger partial charge in [-0.3, -0.25) is 0 Å². The maximum atomic E-state index is 5.87. The Morgan fingerprint density at radius 1 is 1.59 bits per heavy atom. The van der Waals surface area contributed by atoms with Crippen LogP contribution in [0.4, 0.5) is 11.5 Å². The lowest BCUT2D eigenvalue weighted by molar-refractivity contribution is 0.396. The van der Waals surface area contributed by atoms with E-state index in [4.69, 9.17) is 10.5 Å². The third kappa shape index (κ3) is 3.00. The van der Waals surface area contributed by atoms with Crippen molar-refractivity contribution in [1.82, 2.24) is 9.88 Å². The van der Waals surface area contributed by atoms with Gasteiger partial charge in [0.15, 0.2) is 5.82 Å². The maximum absolute atomic E-state index is 5.87. The van der Waals surface area contributed by atoms with E-state index < -0.39 is 0 Å². The summed E-state index contributed by atoms with van der Waals surface area (Å²) in [4.78, 5) is 6.64. The fourth-order valence-electron chi connectivity index (χ4n) is 2.14. The van der Waals surface area contributed by atoms with E-state index in [1.165, 1.54) is 13.0 Å². The van der Waals surface area contributed by atoms with Crippen molar-refractivity contribution in [1.29, 1.82) is 0 Å². The minimum absolute atomic E-state index is 0.588. The molecule has 1 aromatic rings. The molecule has 1 aliphatic heterocycles. The molecule has 0 amide bonds. The largest absolute Gasteiger partial charge is 0.481 e. The number of likely N-dealkylation sites (tertiary alicyclic amines) is 1. The third-order valence-corrected chi connectivity index (χ3v) is 3.16. The van der Waals surface area contributed by atoms with Gasteiger partial charge in [-0.25, -0.2) is 0 Å². The molecule has 0 bridgehead atoms. The average Bonchev–Trinajstić information content (AvgIpc) is 2.74. The molecule has 1 atom stereocenters. The highest BCUT2D eigenvalue weighted by atomic mass is 16.5. The average molecular weight is 236 g/mol. The van der Waals surface area contributed by atoms with Gasteiger partial charge in [0.25, 0.3) is 0 Å². The Morgan fingerprint density at radius 3 is 3.06 bits per heavy atom. The van der Waals surface area contributed by atoms with Gasteiger partial charge in [-0.2, -0.15) is 4.98 Å². The number of ether oxygens (including phenoxy) is 1. The summed E-state index contributed by atoms with van der Waals surface area (Å²) in [6.07, 6.45) is 1.23. The predicted molar refractivity (Wildman–Crippen MR) is 69.3 cm³/mol. The van der Waals surface area contributed by atoms with Crippen LogP contribution in [0.2, 0.25) is 0 Å². The van der Waals surface area contributed by atoms with Gasteiger partial charge in [-0.05, 0) is 32.0 Å². The molecular formula is C12H20N4O. The van der Waals surface area contributed by atoms with Crippen molar-refractivity contribution >= 4 is 11.5 Å². The molecule has 3 N–H and O–H groups in total. The van der Waals surface area contributed by atoms with Crippen LogP contribution in [0, 0.1) is 5.92 Å². The summed E-state index contributed by atoms with van der Waals surface area (Å²) in [6.45, 7) is 3.22. The van der Waals surface area contributed by atoms with E-state index >= 15 is 0 Å². The topological polar surface area (TPSA) is 63.4 Å². The van der Waals surface area contributed by atoms with Crippen LogP contribution in [0.1, 0.15) is 6.42 Å². The summed E-state index contributed by atoms with van der Waals surface area (Å²) < 4.78 is 5.08. The molecule has 0 saturated carbocycles. The lowest BCUT2D eigenvalue weighted by Crippen LogP contribution is -2.20. The summed E-state index contributed by atoms with van der Waals surface area (Å²) in [7, 11) is 3.76. The third-order valence-electron chi connectivity index (χ3n) is 3.16. The number of anilines is 2. The van der Waals surface area contributed by atoms with Crippen molar-refractivity contribution in [2.75, 3.05) is 44.8 Å². The van der Waals surface area contributed by atoms with Gasteiger partial charge in [0, 0.05) is 19.2 Å². The van der Waals surface area contributed by atoms with Crippen molar-refractivity contribution < 1.29 is 4.74 Å². The Labute approximate surface area is 102 Å². The molecule has 2 heterocycles. The molecule has 17 heavy (non-hydrogen) atoms. The van der Waals surface area contributed by atoms with E-state index in [2.05, 4.69) is 22.2 Å². The standard InChI is InChI=1S/C12H20N4O/c1-16-6-5-9(8-16)7-14-12-10(13)3-4-11(15-12)17-2/h3-4,9H,5-8,13H2,1-2H3,(H,14,15). The van der Waals surface area contributed by atoms with E-state index in [9.17, 15) is 0 Å². The van der Waals surface area contributed by atoms with Crippen LogP contribution >= 0.6 is 0 Å². The first-order valence-electron chi connectivity index (χ1n) is 5.92. The lowest BCUT2D eigenvalue weighted by atomic mass is 10.1. The summed E-state index contributed by atoms with van der Waals surface area (Å²) in [5.74, 6) is 1.98. The smallest absolute Gasteiger partial charge is 0.215 e. The molecule has 2 rings (SSSR count). The number of nitrogens with two attached hydrogens (primary N) is 1. The van der Waals surface area contributed by atoms with Gasteiger partial charge >= 0.3 is 0 Å². The van der Waals surface area contributed by atoms with Crippen LogP contribution in [-0.2, 0) is 0 Å². The van der Waals surface area contributed by atoms with E-state index in [1.54, 1.807) is 13.2 Å². The van der Waals surface area contributed by atoms with Crippen molar-refractivity contribution in [3.8, 4) is 5.88 Å². The zero-order valence-electron chi connectivity index (χ0n) is 10.4. The lowest BCUT2D eigenvalue weighted by Gasteiger charge is -2.14. The second-order valence-electron chi connectivity index (χ2n) is 4.59. The van der Waals surface area contributed by atoms with E-state index in [-0.39, 0.29) is 0 Å². The van der Waals surface area contributed by atoms with Crippen LogP contribution in [0.3, 0.4) is 0 Å². The van der Waals surface area contributed by atoms with E-state index in [1.807, 2.05) is 6.07 Å². The van der Waals surface area contributed by atoms with Gasteiger partial charge in [-0.1, -0.05) is 0 Å². The Bertz CT molecular complexity index is 383. The zero-order valence-corrected chi connectivity index (χ0v) is 10.4. The van der Waals surface area contributed by atoms with Crippen molar-refractivity contribution in [2.24, 2.45) is 5.92 Å². The number of nitrogens with zero attached hydrogens (tertiary/aromatic N) is 2. The Morgan fingerprint density at radius 2 is 2.41 bits per heavy atom. The quantitative estimate of drug-likeness (QED) is 0.817. The van der Waals surface area contributed by atoms with Crippen molar-refractivity contribution in [3.05, 3.63) is 12.1 Å². The maximum Gasteiger partial charge on any atom is 0.215 e. The Hall–Kier alpha value is -1.49. The number of pyridine rings is 1. The van der Waals surface area contributed by atoms with Crippen molar-refractivity contribution in [3.63, 3.8) is 0 Å². The fraction of sp³-hybridized carbons (Fsp3) is 0.583. The second kappa shape index (κ2) is 5.23.